The number of carbonyl (C=O) groups is 1. The van der Waals surface area contributed by atoms with Gasteiger partial charge in [-0.3, -0.25) is 4.79 Å². The van der Waals surface area contributed by atoms with Crippen molar-refractivity contribution in [1.29, 1.82) is 0 Å². The first-order chi connectivity index (χ1) is 7.15. The number of nitrogens with zero attached hydrogens (tertiary/aromatic N) is 1. The van der Waals surface area contributed by atoms with E-state index >= 15 is 0 Å². The molecule has 0 heterocycles. The van der Waals surface area contributed by atoms with E-state index in [2.05, 4.69) is 0 Å². The second-order valence-electron chi connectivity index (χ2n) is 3.69. The zero-order chi connectivity index (χ0) is 11.3. The summed E-state index contributed by atoms with van der Waals surface area (Å²) in [5.41, 5.74) is 6.80. The normalized spacial score (nSPS) is 12.2. The van der Waals surface area contributed by atoms with Crippen LogP contribution >= 0.6 is 0 Å². The molecular formula is C12H18N2O. The van der Waals surface area contributed by atoms with Crippen LogP contribution < -0.4 is 5.73 Å². The maximum Gasteiger partial charge on any atom is 0.239 e. The van der Waals surface area contributed by atoms with Gasteiger partial charge in [-0.25, -0.2) is 0 Å². The minimum atomic E-state index is -0.376. The van der Waals surface area contributed by atoms with Gasteiger partial charge in [0.15, 0.2) is 0 Å². The number of benzene rings is 1. The highest BCUT2D eigenvalue weighted by atomic mass is 16.2. The monoisotopic (exact) mass is 206 g/mol. The summed E-state index contributed by atoms with van der Waals surface area (Å²) < 4.78 is 0. The van der Waals surface area contributed by atoms with E-state index in [1.807, 2.05) is 37.3 Å². The SMILES string of the molecule is CCC(N)C(=O)N(C)Cc1ccccc1. The van der Waals surface area contributed by atoms with Gasteiger partial charge in [0.25, 0.3) is 0 Å². The Labute approximate surface area is 90.9 Å². The molecule has 3 nitrogen and oxygen atoms in total. The molecule has 15 heavy (non-hydrogen) atoms. The Balaban J connectivity index is 2.56. The van der Waals surface area contributed by atoms with Gasteiger partial charge in [-0.05, 0) is 12.0 Å². The van der Waals surface area contributed by atoms with Gasteiger partial charge >= 0.3 is 0 Å². The van der Waals surface area contributed by atoms with E-state index < -0.39 is 0 Å². The van der Waals surface area contributed by atoms with Crippen LogP contribution in [0.15, 0.2) is 30.3 Å². The molecule has 0 aromatic heterocycles. The van der Waals surface area contributed by atoms with Crippen LogP contribution in [0.4, 0.5) is 0 Å². The quantitative estimate of drug-likeness (QED) is 0.809. The molecule has 0 bridgehead atoms. The van der Waals surface area contributed by atoms with Crippen LogP contribution in [0, 0.1) is 0 Å². The zero-order valence-corrected chi connectivity index (χ0v) is 9.31. The third kappa shape index (κ3) is 3.36. The van der Waals surface area contributed by atoms with Crippen LogP contribution in [-0.4, -0.2) is 23.9 Å². The number of hydrogen-bond donors (Lipinski definition) is 1. The minimum absolute atomic E-state index is 0.00125. The van der Waals surface area contributed by atoms with Crippen LogP contribution in [0.2, 0.25) is 0 Å². The molecule has 0 saturated heterocycles. The van der Waals surface area contributed by atoms with Gasteiger partial charge in [-0.2, -0.15) is 0 Å². The molecule has 0 fully saturated rings. The molecule has 1 aromatic rings. The summed E-state index contributed by atoms with van der Waals surface area (Å²) in [7, 11) is 1.78. The predicted octanol–water partition coefficient (Wildman–Crippen LogP) is 1.38. The number of amides is 1. The Morgan fingerprint density at radius 3 is 2.53 bits per heavy atom. The van der Waals surface area contributed by atoms with Crippen LogP contribution in [0.3, 0.4) is 0 Å². The van der Waals surface area contributed by atoms with Gasteiger partial charge in [0, 0.05) is 13.6 Å². The Bertz CT molecular complexity index is 311. The van der Waals surface area contributed by atoms with Crippen LogP contribution in [0.5, 0.6) is 0 Å². The molecule has 0 radical (unpaired) electrons. The molecule has 3 heteroatoms. The summed E-state index contributed by atoms with van der Waals surface area (Å²) >= 11 is 0. The van der Waals surface area contributed by atoms with E-state index in [0.29, 0.717) is 13.0 Å². The van der Waals surface area contributed by atoms with Gasteiger partial charge in [-0.15, -0.1) is 0 Å². The molecule has 0 aliphatic carbocycles. The first-order valence-electron chi connectivity index (χ1n) is 5.19. The fourth-order valence-electron chi connectivity index (χ4n) is 1.39. The van der Waals surface area contributed by atoms with Gasteiger partial charge in [0.05, 0.1) is 6.04 Å². The average Bonchev–Trinajstić information content (AvgIpc) is 2.28. The molecule has 2 N–H and O–H groups in total. The standard InChI is InChI=1S/C12H18N2O/c1-3-11(13)12(15)14(2)9-10-7-5-4-6-8-10/h4-8,11H,3,9,13H2,1-2H3. The molecular weight excluding hydrogens is 188 g/mol. The Kier molecular flexibility index (Phi) is 4.31. The van der Waals surface area contributed by atoms with Crippen LogP contribution in [-0.2, 0) is 11.3 Å². The molecule has 82 valence electrons. The molecule has 1 aromatic carbocycles. The summed E-state index contributed by atoms with van der Waals surface area (Å²) in [6.45, 7) is 2.53. The van der Waals surface area contributed by atoms with Crippen molar-refractivity contribution < 1.29 is 4.79 Å². The van der Waals surface area contributed by atoms with Crippen molar-refractivity contribution in [3.05, 3.63) is 35.9 Å². The highest BCUT2D eigenvalue weighted by molar-refractivity contribution is 5.81. The van der Waals surface area contributed by atoms with Crippen molar-refractivity contribution in [2.75, 3.05) is 7.05 Å². The number of hydrogen-bond acceptors (Lipinski definition) is 2. The lowest BCUT2D eigenvalue weighted by Crippen LogP contribution is -2.40. The third-order valence-electron chi connectivity index (χ3n) is 2.40. The Morgan fingerprint density at radius 1 is 1.40 bits per heavy atom. The van der Waals surface area contributed by atoms with E-state index in [1.54, 1.807) is 11.9 Å². The second kappa shape index (κ2) is 5.51. The maximum absolute atomic E-state index is 11.7. The first kappa shape index (κ1) is 11.7. The Hall–Kier alpha value is -1.35. The fraction of sp³-hybridized carbons (Fsp3) is 0.417. The van der Waals surface area contributed by atoms with E-state index in [-0.39, 0.29) is 11.9 Å². The molecule has 1 rings (SSSR count). The summed E-state index contributed by atoms with van der Waals surface area (Å²) in [4.78, 5) is 13.3. The van der Waals surface area contributed by atoms with Crippen LogP contribution in [0.25, 0.3) is 0 Å². The van der Waals surface area contributed by atoms with Crippen molar-refractivity contribution in [1.82, 2.24) is 4.90 Å². The zero-order valence-electron chi connectivity index (χ0n) is 9.31. The second-order valence-corrected chi connectivity index (χ2v) is 3.69. The summed E-state index contributed by atoms with van der Waals surface area (Å²) in [5, 5.41) is 0. The summed E-state index contributed by atoms with van der Waals surface area (Å²) in [6.07, 6.45) is 0.679. The minimum Gasteiger partial charge on any atom is -0.340 e. The summed E-state index contributed by atoms with van der Waals surface area (Å²) in [6, 6.07) is 9.52. The number of carbonyl (C=O) groups excluding carboxylic acids is 1. The molecule has 1 unspecified atom stereocenters. The molecule has 1 atom stereocenters. The number of likely N-dealkylation sites (N-methyl/N-ethyl adjacent to an activating group) is 1. The maximum atomic E-state index is 11.7. The fourth-order valence-corrected chi connectivity index (χ4v) is 1.39. The van der Waals surface area contributed by atoms with Crippen molar-refractivity contribution in [3.63, 3.8) is 0 Å². The molecule has 0 spiro atoms. The topological polar surface area (TPSA) is 46.3 Å². The van der Waals surface area contributed by atoms with Gasteiger partial charge in [0.1, 0.15) is 0 Å². The lowest BCUT2D eigenvalue weighted by Gasteiger charge is -2.20. The lowest BCUT2D eigenvalue weighted by molar-refractivity contribution is -0.131. The molecule has 0 saturated carbocycles. The van der Waals surface area contributed by atoms with E-state index in [4.69, 9.17) is 5.73 Å². The molecule has 1 amide bonds. The van der Waals surface area contributed by atoms with Gasteiger partial charge < -0.3 is 10.6 Å². The van der Waals surface area contributed by atoms with E-state index in [9.17, 15) is 4.79 Å². The first-order valence-corrected chi connectivity index (χ1v) is 5.19. The van der Waals surface area contributed by atoms with Crippen molar-refractivity contribution in [3.8, 4) is 0 Å². The van der Waals surface area contributed by atoms with E-state index in [1.165, 1.54) is 0 Å². The Morgan fingerprint density at radius 2 is 2.00 bits per heavy atom. The highest BCUT2D eigenvalue weighted by Gasteiger charge is 2.15. The predicted molar refractivity (Wildman–Crippen MR) is 61.2 cm³/mol. The molecule has 0 aliphatic rings. The number of nitrogens with two attached hydrogens (primary N) is 1. The largest absolute Gasteiger partial charge is 0.340 e. The van der Waals surface area contributed by atoms with Crippen molar-refractivity contribution in [2.24, 2.45) is 5.73 Å². The third-order valence-corrected chi connectivity index (χ3v) is 2.40. The van der Waals surface area contributed by atoms with Crippen LogP contribution in [0.1, 0.15) is 18.9 Å². The average molecular weight is 206 g/mol. The van der Waals surface area contributed by atoms with E-state index in [0.717, 1.165) is 5.56 Å². The highest BCUT2D eigenvalue weighted by Crippen LogP contribution is 2.04. The van der Waals surface area contributed by atoms with Crippen molar-refractivity contribution in [2.45, 2.75) is 25.9 Å². The number of rotatable bonds is 4. The summed E-state index contributed by atoms with van der Waals surface area (Å²) in [5.74, 6) is 0.00125. The van der Waals surface area contributed by atoms with Gasteiger partial charge in [-0.1, -0.05) is 37.3 Å². The van der Waals surface area contributed by atoms with Gasteiger partial charge in [0.2, 0.25) is 5.91 Å². The smallest absolute Gasteiger partial charge is 0.239 e. The molecule has 0 aliphatic heterocycles. The lowest BCUT2D eigenvalue weighted by atomic mass is 10.2. The van der Waals surface area contributed by atoms with Crippen molar-refractivity contribution >= 4 is 5.91 Å².